The number of aryl methyl sites for hydroxylation is 1. The van der Waals surface area contributed by atoms with Crippen LogP contribution in [0.5, 0.6) is 0 Å². The molecule has 0 fully saturated rings. The van der Waals surface area contributed by atoms with Crippen molar-refractivity contribution in [1.82, 2.24) is 10.3 Å². The molecule has 0 radical (unpaired) electrons. The van der Waals surface area contributed by atoms with Gasteiger partial charge in [-0.1, -0.05) is 0 Å². The topological polar surface area (TPSA) is 80.0 Å². The first-order valence-electron chi connectivity index (χ1n) is 4.40. The van der Waals surface area contributed by atoms with Gasteiger partial charge in [-0.05, 0) is 25.5 Å². The minimum Gasteiger partial charge on any atom is -0.396 e. The third-order valence-electron chi connectivity index (χ3n) is 1.62. The van der Waals surface area contributed by atoms with E-state index in [1.807, 2.05) is 13.8 Å². The van der Waals surface area contributed by atoms with Crippen LogP contribution in [0.1, 0.15) is 12.5 Å². The average molecular weight is 194 g/mol. The number of hydrogen-bond acceptors (Lipinski definition) is 3. The first-order chi connectivity index (χ1) is 6.63. The summed E-state index contributed by atoms with van der Waals surface area (Å²) in [7, 11) is 0. The van der Waals surface area contributed by atoms with Crippen LogP contribution in [-0.2, 0) is 0 Å². The molecule has 5 heteroatoms. The van der Waals surface area contributed by atoms with Gasteiger partial charge >= 0.3 is 6.03 Å². The van der Waals surface area contributed by atoms with E-state index in [0.29, 0.717) is 18.1 Å². The van der Waals surface area contributed by atoms with Gasteiger partial charge in [0.2, 0.25) is 0 Å². The molecule has 0 aliphatic rings. The minimum atomic E-state index is -0.296. The lowest BCUT2D eigenvalue weighted by Crippen LogP contribution is -2.29. The highest BCUT2D eigenvalue weighted by Crippen LogP contribution is 2.15. The van der Waals surface area contributed by atoms with Gasteiger partial charge in [-0.2, -0.15) is 0 Å². The number of carbonyl (C=O) groups is 1. The van der Waals surface area contributed by atoms with E-state index in [0.717, 1.165) is 5.56 Å². The summed E-state index contributed by atoms with van der Waals surface area (Å²) in [5.74, 6) is 0.390. The predicted octanol–water partition coefficient (Wildman–Crippen LogP) is 1.11. The number of rotatable bonds is 2. The second-order valence-corrected chi connectivity index (χ2v) is 2.93. The van der Waals surface area contributed by atoms with Gasteiger partial charge in [-0.25, -0.2) is 9.78 Å². The maximum atomic E-state index is 11.1. The number of nitrogen functional groups attached to an aromatic ring is 1. The molecule has 14 heavy (non-hydrogen) atoms. The maximum Gasteiger partial charge on any atom is 0.320 e. The van der Waals surface area contributed by atoms with Gasteiger partial charge in [0.1, 0.15) is 0 Å². The van der Waals surface area contributed by atoms with Crippen LogP contribution < -0.4 is 16.4 Å². The minimum absolute atomic E-state index is 0.296. The summed E-state index contributed by atoms with van der Waals surface area (Å²) < 4.78 is 0. The lowest BCUT2D eigenvalue weighted by atomic mass is 10.3. The number of nitrogens with zero attached hydrogens (tertiary/aromatic N) is 1. The molecular weight excluding hydrogens is 180 g/mol. The predicted molar refractivity (Wildman–Crippen MR) is 56.1 cm³/mol. The number of carbonyl (C=O) groups excluding carboxylic acids is 1. The summed E-state index contributed by atoms with van der Waals surface area (Å²) in [5, 5.41) is 5.14. The van der Waals surface area contributed by atoms with E-state index in [1.54, 1.807) is 12.3 Å². The van der Waals surface area contributed by atoms with Crippen molar-refractivity contribution in [3.05, 3.63) is 17.8 Å². The Morgan fingerprint density at radius 3 is 2.93 bits per heavy atom. The Balaban J connectivity index is 2.72. The number of nitrogens with two attached hydrogens (primary N) is 1. The Bertz CT molecular complexity index is 338. The van der Waals surface area contributed by atoms with Gasteiger partial charge in [0.25, 0.3) is 0 Å². The smallest absolute Gasteiger partial charge is 0.320 e. The maximum absolute atomic E-state index is 11.1. The van der Waals surface area contributed by atoms with E-state index in [9.17, 15) is 4.79 Å². The van der Waals surface area contributed by atoms with Crippen molar-refractivity contribution in [2.24, 2.45) is 0 Å². The van der Waals surface area contributed by atoms with E-state index >= 15 is 0 Å². The van der Waals surface area contributed by atoms with Crippen LogP contribution in [0.4, 0.5) is 16.3 Å². The second-order valence-electron chi connectivity index (χ2n) is 2.93. The SMILES string of the molecule is CCNC(=O)Nc1ncc(C)cc1N. The number of aromatic nitrogens is 1. The molecule has 1 heterocycles. The summed E-state index contributed by atoms with van der Waals surface area (Å²) in [6.07, 6.45) is 1.65. The van der Waals surface area contributed by atoms with Crippen molar-refractivity contribution in [2.75, 3.05) is 17.6 Å². The zero-order valence-electron chi connectivity index (χ0n) is 8.29. The van der Waals surface area contributed by atoms with Crippen LogP contribution in [0.2, 0.25) is 0 Å². The average Bonchev–Trinajstić information content (AvgIpc) is 2.10. The molecule has 0 atom stereocenters. The van der Waals surface area contributed by atoms with Crippen LogP contribution in [0.3, 0.4) is 0 Å². The molecule has 0 saturated heterocycles. The molecule has 76 valence electrons. The van der Waals surface area contributed by atoms with E-state index < -0.39 is 0 Å². The zero-order valence-corrected chi connectivity index (χ0v) is 8.29. The molecule has 0 bridgehead atoms. The summed E-state index contributed by atoms with van der Waals surface area (Å²) in [4.78, 5) is 15.1. The number of nitrogens with one attached hydrogen (secondary N) is 2. The van der Waals surface area contributed by atoms with E-state index in [-0.39, 0.29) is 6.03 Å². The lowest BCUT2D eigenvalue weighted by molar-refractivity contribution is 0.252. The van der Waals surface area contributed by atoms with Crippen LogP contribution in [0.15, 0.2) is 12.3 Å². The number of anilines is 2. The molecule has 0 aromatic carbocycles. The highest BCUT2D eigenvalue weighted by Gasteiger charge is 2.04. The normalized spacial score (nSPS) is 9.57. The number of urea groups is 1. The Labute approximate surface area is 82.7 Å². The van der Waals surface area contributed by atoms with Gasteiger partial charge in [0.05, 0.1) is 5.69 Å². The van der Waals surface area contributed by atoms with Crippen molar-refractivity contribution in [1.29, 1.82) is 0 Å². The van der Waals surface area contributed by atoms with Gasteiger partial charge in [0.15, 0.2) is 5.82 Å². The molecule has 0 unspecified atom stereocenters. The van der Waals surface area contributed by atoms with E-state index in [1.165, 1.54) is 0 Å². The molecule has 1 rings (SSSR count). The second kappa shape index (κ2) is 4.45. The van der Waals surface area contributed by atoms with Gasteiger partial charge in [-0.3, -0.25) is 5.32 Å². The van der Waals surface area contributed by atoms with Gasteiger partial charge < -0.3 is 11.1 Å². The fourth-order valence-electron chi connectivity index (χ4n) is 1.01. The molecule has 0 spiro atoms. The Morgan fingerprint density at radius 2 is 2.36 bits per heavy atom. The Kier molecular flexibility index (Phi) is 3.28. The molecule has 1 aromatic heterocycles. The van der Waals surface area contributed by atoms with Crippen molar-refractivity contribution in [3.8, 4) is 0 Å². The number of amides is 2. The standard InChI is InChI=1S/C9H14N4O/c1-3-11-9(14)13-8-7(10)4-6(2)5-12-8/h4-5H,3,10H2,1-2H3,(H2,11,12,13,14). The van der Waals surface area contributed by atoms with Crippen molar-refractivity contribution in [2.45, 2.75) is 13.8 Å². The third kappa shape index (κ3) is 2.62. The number of hydrogen-bond donors (Lipinski definition) is 3. The molecule has 4 N–H and O–H groups in total. The van der Waals surface area contributed by atoms with Crippen molar-refractivity contribution < 1.29 is 4.79 Å². The first kappa shape index (κ1) is 10.3. The van der Waals surface area contributed by atoms with Gasteiger partial charge in [-0.15, -0.1) is 0 Å². The quantitative estimate of drug-likeness (QED) is 0.659. The van der Waals surface area contributed by atoms with E-state index in [4.69, 9.17) is 5.73 Å². The summed E-state index contributed by atoms with van der Waals surface area (Å²) in [6, 6.07) is 1.46. The largest absolute Gasteiger partial charge is 0.396 e. The fraction of sp³-hybridized carbons (Fsp3) is 0.333. The van der Waals surface area contributed by atoms with Crippen molar-refractivity contribution in [3.63, 3.8) is 0 Å². The summed E-state index contributed by atoms with van der Waals surface area (Å²) in [6.45, 7) is 4.29. The zero-order chi connectivity index (χ0) is 10.6. The molecule has 0 aliphatic heterocycles. The first-order valence-corrected chi connectivity index (χ1v) is 4.40. The van der Waals surface area contributed by atoms with E-state index in [2.05, 4.69) is 15.6 Å². The summed E-state index contributed by atoms with van der Waals surface area (Å²) in [5.41, 5.74) is 7.09. The molecule has 5 nitrogen and oxygen atoms in total. The third-order valence-corrected chi connectivity index (χ3v) is 1.62. The lowest BCUT2D eigenvalue weighted by Gasteiger charge is -2.07. The van der Waals surface area contributed by atoms with Crippen LogP contribution in [-0.4, -0.2) is 17.6 Å². The highest BCUT2D eigenvalue weighted by molar-refractivity contribution is 5.91. The van der Waals surface area contributed by atoms with Crippen LogP contribution in [0.25, 0.3) is 0 Å². The molecule has 0 saturated carbocycles. The fourth-order valence-corrected chi connectivity index (χ4v) is 1.01. The molecule has 0 aliphatic carbocycles. The molecular formula is C9H14N4O. The molecule has 1 aromatic rings. The highest BCUT2D eigenvalue weighted by atomic mass is 16.2. The van der Waals surface area contributed by atoms with Crippen LogP contribution >= 0.6 is 0 Å². The monoisotopic (exact) mass is 194 g/mol. The van der Waals surface area contributed by atoms with Crippen molar-refractivity contribution >= 4 is 17.5 Å². The number of pyridine rings is 1. The Hall–Kier alpha value is -1.78. The van der Waals surface area contributed by atoms with Crippen LogP contribution in [0, 0.1) is 6.92 Å². The summed E-state index contributed by atoms with van der Waals surface area (Å²) >= 11 is 0. The molecule has 2 amide bonds. The Morgan fingerprint density at radius 1 is 1.64 bits per heavy atom. The van der Waals surface area contributed by atoms with Gasteiger partial charge in [0, 0.05) is 12.7 Å².